The number of para-hydroxylation sites is 1. The van der Waals surface area contributed by atoms with Crippen molar-refractivity contribution in [3.05, 3.63) is 108 Å². The first-order valence-electron chi connectivity index (χ1n) is 10.3. The minimum Gasteiger partial charge on any atom is -0.454 e. The standard InChI is InChI=1S/C27H23F3O2/c1-27(26(29)30,22-13-12-20-7-5-6-8-21(20)16-22)18-31-17-19-11-14-24(28)25(15-19)32-23-9-3-2-4-10-23/h2-16,26H,17-18H2,1H3. The highest BCUT2D eigenvalue weighted by Gasteiger charge is 2.37. The molecule has 0 aliphatic rings. The van der Waals surface area contributed by atoms with E-state index in [1.807, 2.05) is 36.4 Å². The molecular weight excluding hydrogens is 413 g/mol. The van der Waals surface area contributed by atoms with Gasteiger partial charge in [0, 0.05) is 0 Å². The van der Waals surface area contributed by atoms with Gasteiger partial charge in [0.1, 0.15) is 5.75 Å². The molecule has 0 aliphatic carbocycles. The fourth-order valence-electron chi connectivity index (χ4n) is 3.53. The molecule has 2 nitrogen and oxygen atoms in total. The van der Waals surface area contributed by atoms with Crippen molar-refractivity contribution >= 4 is 10.8 Å². The molecule has 0 heterocycles. The summed E-state index contributed by atoms with van der Waals surface area (Å²) in [5, 5.41) is 1.89. The largest absolute Gasteiger partial charge is 0.454 e. The summed E-state index contributed by atoms with van der Waals surface area (Å²) < 4.78 is 53.7. The lowest BCUT2D eigenvalue weighted by Gasteiger charge is -2.29. The van der Waals surface area contributed by atoms with Gasteiger partial charge < -0.3 is 9.47 Å². The first-order chi connectivity index (χ1) is 15.5. The van der Waals surface area contributed by atoms with Crippen LogP contribution in [0.4, 0.5) is 13.2 Å². The van der Waals surface area contributed by atoms with E-state index in [9.17, 15) is 13.2 Å². The van der Waals surface area contributed by atoms with Crippen molar-refractivity contribution in [3.8, 4) is 11.5 Å². The number of fused-ring (bicyclic) bond motifs is 1. The predicted molar refractivity (Wildman–Crippen MR) is 120 cm³/mol. The van der Waals surface area contributed by atoms with Crippen LogP contribution in [0.2, 0.25) is 0 Å². The average Bonchev–Trinajstić information content (AvgIpc) is 2.81. The topological polar surface area (TPSA) is 18.5 Å². The predicted octanol–water partition coefficient (Wildman–Crippen LogP) is 7.51. The van der Waals surface area contributed by atoms with Gasteiger partial charge in [0.25, 0.3) is 0 Å². The van der Waals surface area contributed by atoms with Crippen molar-refractivity contribution in [2.45, 2.75) is 25.4 Å². The summed E-state index contributed by atoms with van der Waals surface area (Å²) in [5.41, 5.74) is -0.334. The van der Waals surface area contributed by atoms with E-state index < -0.39 is 17.7 Å². The molecule has 0 aliphatic heterocycles. The molecule has 1 unspecified atom stereocenters. The van der Waals surface area contributed by atoms with Crippen LogP contribution in [0.1, 0.15) is 18.1 Å². The number of halogens is 3. The Balaban J connectivity index is 1.48. The average molecular weight is 436 g/mol. The Morgan fingerprint density at radius 3 is 2.28 bits per heavy atom. The summed E-state index contributed by atoms with van der Waals surface area (Å²) in [6.07, 6.45) is -2.62. The van der Waals surface area contributed by atoms with Crippen LogP contribution in [0.25, 0.3) is 10.8 Å². The molecule has 32 heavy (non-hydrogen) atoms. The van der Waals surface area contributed by atoms with Crippen molar-refractivity contribution < 1.29 is 22.6 Å². The number of hydrogen-bond acceptors (Lipinski definition) is 2. The molecule has 0 bridgehead atoms. The highest BCUT2D eigenvalue weighted by atomic mass is 19.3. The van der Waals surface area contributed by atoms with Gasteiger partial charge in [-0.05, 0) is 53.1 Å². The minimum atomic E-state index is -2.62. The smallest absolute Gasteiger partial charge is 0.250 e. The van der Waals surface area contributed by atoms with Crippen molar-refractivity contribution in [1.82, 2.24) is 0 Å². The van der Waals surface area contributed by atoms with E-state index in [2.05, 4.69) is 0 Å². The SMILES string of the molecule is CC(COCc1ccc(F)c(Oc2ccccc2)c1)(c1ccc2ccccc2c1)C(F)F. The summed E-state index contributed by atoms with van der Waals surface area (Å²) in [5.74, 6) is 0.0562. The Hall–Kier alpha value is -3.31. The number of alkyl halides is 2. The second kappa shape index (κ2) is 9.45. The summed E-state index contributed by atoms with van der Waals surface area (Å²) in [6.45, 7) is 1.37. The molecule has 0 aromatic heterocycles. The molecule has 4 rings (SSSR count). The molecule has 0 saturated heterocycles. The van der Waals surface area contributed by atoms with E-state index in [0.717, 1.165) is 10.8 Å². The Morgan fingerprint density at radius 1 is 0.812 bits per heavy atom. The number of rotatable bonds is 8. The summed E-state index contributed by atoms with van der Waals surface area (Å²) >= 11 is 0. The molecule has 0 amide bonds. The van der Waals surface area contributed by atoms with Gasteiger partial charge in [-0.25, -0.2) is 13.2 Å². The molecule has 0 saturated carbocycles. The zero-order valence-corrected chi connectivity index (χ0v) is 17.6. The van der Waals surface area contributed by atoms with Crippen LogP contribution in [0.3, 0.4) is 0 Å². The van der Waals surface area contributed by atoms with Crippen LogP contribution in [0, 0.1) is 5.82 Å². The molecule has 4 aromatic carbocycles. The molecular formula is C27H23F3O2. The molecule has 164 valence electrons. The minimum absolute atomic E-state index is 0.0569. The van der Waals surface area contributed by atoms with E-state index in [1.165, 1.54) is 19.1 Å². The first-order valence-corrected chi connectivity index (χ1v) is 10.3. The molecule has 0 radical (unpaired) electrons. The summed E-state index contributed by atoms with van der Waals surface area (Å²) in [7, 11) is 0. The fraction of sp³-hybridized carbons (Fsp3) is 0.185. The molecule has 0 N–H and O–H groups in total. The second-order valence-electron chi connectivity index (χ2n) is 7.95. The molecule has 4 aromatic rings. The Bertz CT molecular complexity index is 1190. The van der Waals surface area contributed by atoms with E-state index in [4.69, 9.17) is 9.47 Å². The van der Waals surface area contributed by atoms with E-state index in [1.54, 1.807) is 42.5 Å². The normalized spacial score (nSPS) is 13.3. The van der Waals surface area contributed by atoms with Gasteiger partial charge in [-0.15, -0.1) is 0 Å². The maximum Gasteiger partial charge on any atom is 0.250 e. The zero-order chi connectivity index (χ0) is 22.6. The lowest BCUT2D eigenvalue weighted by Crippen LogP contribution is -2.36. The van der Waals surface area contributed by atoms with Gasteiger partial charge in [0.15, 0.2) is 11.6 Å². The molecule has 1 atom stereocenters. The van der Waals surface area contributed by atoms with Gasteiger partial charge in [0.2, 0.25) is 6.43 Å². The van der Waals surface area contributed by atoms with Gasteiger partial charge in [-0.1, -0.05) is 66.7 Å². The van der Waals surface area contributed by atoms with E-state index in [0.29, 0.717) is 16.9 Å². The van der Waals surface area contributed by atoms with Gasteiger partial charge in [-0.2, -0.15) is 0 Å². The van der Waals surface area contributed by atoms with Crippen molar-refractivity contribution in [3.63, 3.8) is 0 Å². The zero-order valence-electron chi connectivity index (χ0n) is 17.6. The molecule has 0 spiro atoms. The summed E-state index contributed by atoms with van der Waals surface area (Å²) in [4.78, 5) is 0. The Morgan fingerprint density at radius 2 is 1.53 bits per heavy atom. The van der Waals surface area contributed by atoms with Crippen LogP contribution in [-0.4, -0.2) is 13.0 Å². The molecule has 5 heteroatoms. The van der Waals surface area contributed by atoms with Crippen molar-refractivity contribution in [2.75, 3.05) is 6.61 Å². The number of benzene rings is 4. The van der Waals surface area contributed by atoms with Crippen molar-refractivity contribution in [2.24, 2.45) is 0 Å². The third-order valence-corrected chi connectivity index (χ3v) is 5.53. The van der Waals surface area contributed by atoms with Gasteiger partial charge in [-0.3, -0.25) is 0 Å². The van der Waals surface area contributed by atoms with Crippen LogP contribution >= 0.6 is 0 Å². The monoisotopic (exact) mass is 436 g/mol. The highest BCUT2D eigenvalue weighted by Crippen LogP contribution is 2.34. The lowest BCUT2D eigenvalue weighted by atomic mass is 9.82. The fourth-order valence-corrected chi connectivity index (χ4v) is 3.53. The van der Waals surface area contributed by atoms with Crippen LogP contribution < -0.4 is 4.74 Å². The van der Waals surface area contributed by atoms with Gasteiger partial charge in [0.05, 0.1) is 18.6 Å². The van der Waals surface area contributed by atoms with E-state index >= 15 is 0 Å². The Kier molecular flexibility index (Phi) is 6.47. The van der Waals surface area contributed by atoms with Crippen LogP contribution in [-0.2, 0) is 16.8 Å². The number of hydrogen-bond donors (Lipinski definition) is 0. The van der Waals surface area contributed by atoms with Gasteiger partial charge >= 0.3 is 0 Å². The summed E-state index contributed by atoms with van der Waals surface area (Å²) in [6, 6.07) is 26.2. The Labute approximate surface area is 185 Å². The van der Waals surface area contributed by atoms with Crippen molar-refractivity contribution in [1.29, 1.82) is 0 Å². The maximum absolute atomic E-state index is 14.2. The highest BCUT2D eigenvalue weighted by molar-refractivity contribution is 5.83. The van der Waals surface area contributed by atoms with E-state index in [-0.39, 0.29) is 19.0 Å². The maximum atomic E-state index is 14.2. The number of ether oxygens (including phenoxy) is 2. The molecule has 0 fully saturated rings. The van der Waals surface area contributed by atoms with Crippen LogP contribution in [0.15, 0.2) is 91.0 Å². The quantitative estimate of drug-likeness (QED) is 0.285. The first kappa shape index (κ1) is 21.9. The second-order valence-corrected chi connectivity index (χ2v) is 7.95. The van der Waals surface area contributed by atoms with Crippen LogP contribution in [0.5, 0.6) is 11.5 Å². The third kappa shape index (κ3) is 4.78. The third-order valence-electron chi connectivity index (χ3n) is 5.53. The lowest BCUT2D eigenvalue weighted by molar-refractivity contribution is -0.0127.